The number of nitrogens with two attached hydrogens (primary N) is 1. The second-order valence-electron chi connectivity index (χ2n) is 4.95. The van der Waals surface area contributed by atoms with Crippen molar-refractivity contribution >= 4 is 15.9 Å². The maximum absolute atomic E-state index is 13.1. The van der Waals surface area contributed by atoms with Crippen LogP contribution in [0.15, 0.2) is 22.7 Å². The molecule has 2 unspecified atom stereocenters. The Morgan fingerprint density at radius 2 is 2.11 bits per heavy atom. The predicted molar refractivity (Wildman–Crippen MR) is 73.6 cm³/mol. The molecular weight excluding hydrogens is 297 g/mol. The molecule has 18 heavy (non-hydrogen) atoms. The van der Waals surface area contributed by atoms with Crippen LogP contribution >= 0.6 is 15.9 Å². The van der Waals surface area contributed by atoms with E-state index in [0.717, 1.165) is 18.7 Å². The van der Waals surface area contributed by atoms with Gasteiger partial charge in [0.05, 0.1) is 17.7 Å². The van der Waals surface area contributed by atoms with Gasteiger partial charge in [0.15, 0.2) is 0 Å². The minimum absolute atomic E-state index is 0.238. The molecule has 0 saturated heterocycles. The molecule has 2 rings (SSSR count). The Morgan fingerprint density at radius 1 is 1.33 bits per heavy atom. The zero-order chi connectivity index (χ0) is 13.0. The van der Waals surface area contributed by atoms with Crippen molar-refractivity contribution in [3.8, 4) is 0 Å². The molecule has 1 aliphatic carbocycles. The highest BCUT2D eigenvalue weighted by Crippen LogP contribution is 2.31. The zero-order valence-electron chi connectivity index (χ0n) is 10.4. The van der Waals surface area contributed by atoms with E-state index in [0.29, 0.717) is 22.9 Å². The SMILES string of the molecule is NCC1CCCC1COCc1ccc(F)c(Br)c1. The Balaban J connectivity index is 1.79. The lowest BCUT2D eigenvalue weighted by atomic mass is 9.97. The van der Waals surface area contributed by atoms with E-state index in [1.807, 2.05) is 0 Å². The summed E-state index contributed by atoms with van der Waals surface area (Å²) in [5, 5.41) is 0. The molecule has 1 aromatic rings. The monoisotopic (exact) mass is 315 g/mol. The van der Waals surface area contributed by atoms with Crippen molar-refractivity contribution in [1.82, 2.24) is 0 Å². The van der Waals surface area contributed by atoms with Crippen LogP contribution < -0.4 is 5.73 Å². The summed E-state index contributed by atoms with van der Waals surface area (Å²) >= 11 is 3.18. The lowest BCUT2D eigenvalue weighted by Gasteiger charge is -2.17. The number of hydrogen-bond acceptors (Lipinski definition) is 2. The molecule has 1 aromatic carbocycles. The van der Waals surface area contributed by atoms with Crippen molar-refractivity contribution in [1.29, 1.82) is 0 Å². The van der Waals surface area contributed by atoms with E-state index < -0.39 is 0 Å². The van der Waals surface area contributed by atoms with Crippen LogP contribution in [0.5, 0.6) is 0 Å². The van der Waals surface area contributed by atoms with Crippen molar-refractivity contribution in [3.63, 3.8) is 0 Å². The summed E-state index contributed by atoms with van der Waals surface area (Å²) in [4.78, 5) is 0. The molecule has 2 nitrogen and oxygen atoms in total. The third-order valence-corrected chi connectivity index (χ3v) is 4.31. The van der Waals surface area contributed by atoms with Gasteiger partial charge in [-0.15, -0.1) is 0 Å². The minimum atomic E-state index is -0.238. The molecule has 0 aromatic heterocycles. The smallest absolute Gasteiger partial charge is 0.137 e. The van der Waals surface area contributed by atoms with Gasteiger partial charge in [-0.2, -0.15) is 0 Å². The molecule has 2 atom stereocenters. The largest absolute Gasteiger partial charge is 0.376 e. The van der Waals surface area contributed by atoms with Gasteiger partial charge in [-0.1, -0.05) is 12.5 Å². The van der Waals surface area contributed by atoms with Crippen LogP contribution in [0.4, 0.5) is 4.39 Å². The van der Waals surface area contributed by atoms with Crippen LogP contribution in [-0.4, -0.2) is 13.2 Å². The summed E-state index contributed by atoms with van der Waals surface area (Å²) in [7, 11) is 0. The standard InChI is InChI=1S/C14H19BrFNO/c15-13-6-10(4-5-14(13)16)8-18-9-12-3-1-2-11(12)7-17/h4-6,11-12H,1-3,7-9,17H2. The lowest BCUT2D eigenvalue weighted by molar-refractivity contribution is 0.0753. The first-order valence-corrected chi connectivity index (χ1v) is 7.21. The van der Waals surface area contributed by atoms with Crippen molar-refractivity contribution in [2.45, 2.75) is 25.9 Å². The maximum atomic E-state index is 13.1. The fourth-order valence-electron chi connectivity index (χ4n) is 2.60. The first-order valence-electron chi connectivity index (χ1n) is 6.42. The molecule has 100 valence electrons. The Morgan fingerprint density at radius 3 is 2.83 bits per heavy atom. The highest BCUT2D eigenvalue weighted by Gasteiger charge is 2.25. The lowest BCUT2D eigenvalue weighted by Crippen LogP contribution is -2.22. The van der Waals surface area contributed by atoms with E-state index in [1.54, 1.807) is 12.1 Å². The molecule has 0 aliphatic heterocycles. The summed E-state index contributed by atoms with van der Waals surface area (Å²) in [6.07, 6.45) is 3.71. The second-order valence-corrected chi connectivity index (χ2v) is 5.80. The molecule has 4 heteroatoms. The van der Waals surface area contributed by atoms with Gasteiger partial charge in [0, 0.05) is 0 Å². The van der Waals surface area contributed by atoms with Gasteiger partial charge in [0.2, 0.25) is 0 Å². The Labute approximate surface area is 116 Å². The molecule has 0 amide bonds. The average molecular weight is 316 g/mol. The van der Waals surface area contributed by atoms with Crippen LogP contribution in [0, 0.1) is 17.7 Å². The summed E-state index contributed by atoms with van der Waals surface area (Å²) in [6.45, 7) is 2.06. The van der Waals surface area contributed by atoms with E-state index in [-0.39, 0.29) is 5.82 Å². The third-order valence-electron chi connectivity index (χ3n) is 3.70. The van der Waals surface area contributed by atoms with Gasteiger partial charge < -0.3 is 10.5 Å². The van der Waals surface area contributed by atoms with Crippen molar-refractivity contribution in [2.75, 3.05) is 13.2 Å². The van der Waals surface area contributed by atoms with Gasteiger partial charge >= 0.3 is 0 Å². The van der Waals surface area contributed by atoms with Crippen molar-refractivity contribution in [2.24, 2.45) is 17.6 Å². The molecule has 1 aliphatic rings. The molecular formula is C14H19BrFNO. The summed E-state index contributed by atoms with van der Waals surface area (Å²) in [5.41, 5.74) is 6.73. The Hall–Kier alpha value is -0.450. The number of hydrogen-bond donors (Lipinski definition) is 1. The highest BCUT2D eigenvalue weighted by molar-refractivity contribution is 9.10. The van der Waals surface area contributed by atoms with Gasteiger partial charge in [-0.3, -0.25) is 0 Å². The maximum Gasteiger partial charge on any atom is 0.137 e. The molecule has 2 N–H and O–H groups in total. The molecule has 0 heterocycles. The van der Waals surface area contributed by atoms with E-state index in [4.69, 9.17) is 10.5 Å². The number of ether oxygens (including phenoxy) is 1. The van der Waals surface area contributed by atoms with Crippen LogP contribution in [-0.2, 0) is 11.3 Å². The molecule has 0 spiro atoms. The molecule has 0 bridgehead atoms. The summed E-state index contributed by atoms with van der Waals surface area (Å²) in [6, 6.07) is 4.99. The summed E-state index contributed by atoms with van der Waals surface area (Å²) < 4.78 is 19.3. The van der Waals surface area contributed by atoms with E-state index in [2.05, 4.69) is 15.9 Å². The first-order chi connectivity index (χ1) is 8.70. The van der Waals surface area contributed by atoms with Gasteiger partial charge in [0.1, 0.15) is 5.82 Å². The quantitative estimate of drug-likeness (QED) is 0.902. The van der Waals surface area contributed by atoms with Gasteiger partial charge in [-0.05, 0) is 64.8 Å². The van der Waals surface area contributed by atoms with Crippen LogP contribution in [0.25, 0.3) is 0 Å². The van der Waals surface area contributed by atoms with Crippen molar-refractivity contribution < 1.29 is 9.13 Å². The number of rotatable bonds is 5. The predicted octanol–water partition coefficient (Wildman–Crippen LogP) is 3.48. The average Bonchev–Trinajstić information content (AvgIpc) is 2.81. The summed E-state index contributed by atoms with van der Waals surface area (Å²) in [5.74, 6) is 0.974. The van der Waals surface area contributed by atoms with Gasteiger partial charge in [-0.25, -0.2) is 4.39 Å². The molecule has 1 fully saturated rings. The Kier molecular flexibility index (Phi) is 5.15. The molecule has 0 radical (unpaired) electrons. The van der Waals surface area contributed by atoms with E-state index in [1.165, 1.54) is 25.3 Å². The normalized spacial score (nSPS) is 23.5. The third kappa shape index (κ3) is 3.53. The van der Waals surface area contributed by atoms with E-state index in [9.17, 15) is 4.39 Å². The Bertz CT molecular complexity index is 399. The number of halogens is 2. The van der Waals surface area contributed by atoms with Crippen LogP contribution in [0.3, 0.4) is 0 Å². The fourth-order valence-corrected chi connectivity index (χ4v) is 3.03. The topological polar surface area (TPSA) is 35.2 Å². The zero-order valence-corrected chi connectivity index (χ0v) is 12.0. The van der Waals surface area contributed by atoms with E-state index >= 15 is 0 Å². The molecule has 1 saturated carbocycles. The van der Waals surface area contributed by atoms with Gasteiger partial charge in [0.25, 0.3) is 0 Å². The highest BCUT2D eigenvalue weighted by atomic mass is 79.9. The number of benzene rings is 1. The van der Waals surface area contributed by atoms with Crippen LogP contribution in [0.1, 0.15) is 24.8 Å². The van der Waals surface area contributed by atoms with Crippen LogP contribution in [0.2, 0.25) is 0 Å². The minimum Gasteiger partial charge on any atom is -0.376 e. The second kappa shape index (κ2) is 6.64. The fraction of sp³-hybridized carbons (Fsp3) is 0.571. The first kappa shape index (κ1) is 14.0. The van der Waals surface area contributed by atoms with Crippen molar-refractivity contribution in [3.05, 3.63) is 34.1 Å².